The van der Waals surface area contributed by atoms with Gasteiger partial charge in [0, 0.05) is 25.6 Å². The van der Waals surface area contributed by atoms with Crippen LogP contribution in [0.2, 0.25) is 0 Å². The van der Waals surface area contributed by atoms with Crippen LogP contribution in [0.1, 0.15) is 52.4 Å². The van der Waals surface area contributed by atoms with Gasteiger partial charge in [0.2, 0.25) is 5.91 Å². The molecule has 0 aromatic heterocycles. The van der Waals surface area contributed by atoms with Crippen molar-refractivity contribution in [1.29, 1.82) is 0 Å². The average molecular weight is 226 g/mol. The topological polar surface area (TPSA) is 32.3 Å². The first kappa shape index (κ1) is 13.5. The minimum atomic E-state index is 0.356. The van der Waals surface area contributed by atoms with Crippen LogP contribution in [0.3, 0.4) is 0 Å². The molecule has 3 nitrogen and oxygen atoms in total. The quantitative estimate of drug-likeness (QED) is 0.688. The third-order valence-corrected chi connectivity index (χ3v) is 3.33. The van der Waals surface area contributed by atoms with E-state index in [1.54, 1.807) is 0 Å². The first-order valence-electron chi connectivity index (χ1n) is 6.79. The van der Waals surface area contributed by atoms with Gasteiger partial charge < -0.3 is 10.2 Å². The number of hydrogen-bond acceptors (Lipinski definition) is 2. The van der Waals surface area contributed by atoms with Gasteiger partial charge in [0.15, 0.2) is 0 Å². The minimum Gasteiger partial charge on any atom is -0.343 e. The van der Waals surface area contributed by atoms with E-state index >= 15 is 0 Å². The van der Waals surface area contributed by atoms with Crippen molar-refractivity contribution in [2.75, 3.05) is 19.6 Å². The molecule has 3 heteroatoms. The molecule has 0 aliphatic carbocycles. The highest BCUT2D eigenvalue weighted by molar-refractivity contribution is 5.77. The van der Waals surface area contributed by atoms with Gasteiger partial charge in [-0.2, -0.15) is 0 Å². The van der Waals surface area contributed by atoms with Gasteiger partial charge in [0.25, 0.3) is 0 Å². The lowest BCUT2D eigenvalue weighted by Gasteiger charge is -2.19. The Kier molecular flexibility index (Phi) is 6.46. The Morgan fingerprint density at radius 1 is 1.44 bits per heavy atom. The highest BCUT2D eigenvalue weighted by Gasteiger charge is 2.19. The van der Waals surface area contributed by atoms with Crippen LogP contribution in [-0.4, -0.2) is 36.5 Å². The molecular weight excluding hydrogens is 200 g/mol. The van der Waals surface area contributed by atoms with Crippen LogP contribution in [0, 0.1) is 0 Å². The number of carbonyl (C=O) groups is 1. The summed E-state index contributed by atoms with van der Waals surface area (Å²) in [5, 5.41) is 3.55. The Balaban J connectivity index is 2.10. The molecule has 0 radical (unpaired) electrons. The molecule has 1 rings (SSSR count). The Hall–Kier alpha value is -0.570. The maximum absolute atomic E-state index is 11.4. The maximum Gasteiger partial charge on any atom is 0.222 e. The van der Waals surface area contributed by atoms with Crippen molar-refractivity contribution < 1.29 is 4.79 Å². The standard InChI is InChI=1S/C13H26N2O/c1-3-9-14-12(4-2)7-5-10-15-11-6-8-13(15)16/h12,14H,3-11H2,1-2H3. The fourth-order valence-corrected chi connectivity index (χ4v) is 2.27. The van der Waals surface area contributed by atoms with Crippen molar-refractivity contribution in [3.05, 3.63) is 0 Å². The third-order valence-electron chi connectivity index (χ3n) is 3.33. The van der Waals surface area contributed by atoms with Gasteiger partial charge in [-0.3, -0.25) is 4.79 Å². The Morgan fingerprint density at radius 3 is 2.81 bits per heavy atom. The predicted molar refractivity (Wildman–Crippen MR) is 67.4 cm³/mol. The first-order chi connectivity index (χ1) is 7.77. The van der Waals surface area contributed by atoms with Crippen LogP contribution in [0.4, 0.5) is 0 Å². The second kappa shape index (κ2) is 7.66. The summed E-state index contributed by atoms with van der Waals surface area (Å²) in [6.45, 7) is 7.49. The summed E-state index contributed by atoms with van der Waals surface area (Å²) < 4.78 is 0. The molecule has 1 unspecified atom stereocenters. The van der Waals surface area contributed by atoms with Crippen molar-refractivity contribution in [2.45, 2.75) is 58.4 Å². The van der Waals surface area contributed by atoms with Gasteiger partial charge in [-0.25, -0.2) is 0 Å². The van der Waals surface area contributed by atoms with E-state index in [2.05, 4.69) is 19.2 Å². The molecule has 1 atom stereocenters. The molecule has 1 amide bonds. The molecule has 1 aliphatic heterocycles. The molecule has 0 spiro atoms. The normalized spacial score (nSPS) is 18.1. The van der Waals surface area contributed by atoms with E-state index in [1.807, 2.05) is 4.90 Å². The lowest BCUT2D eigenvalue weighted by molar-refractivity contribution is -0.127. The number of nitrogens with zero attached hydrogens (tertiary/aromatic N) is 1. The molecule has 1 saturated heterocycles. The van der Waals surface area contributed by atoms with Crippen LogP contribution in [0.25, 0.3) is 0 Å². The molecule has 1 aliphatic rings. The predicted octanol–water partition coefficient (Wildman–Crippen LogP) is 2.17. The Labute approximate surface area is 99.6 Å². The highest BCUT2D eigenvalue weighted by atomic mass is 16.2. The third kappa shape index (κ3) is 4.52. The molecule has 1 fully saturated rings. The summed E-state index contributed by atoms with van der Waals surface area (Å²) in [7, 11) is 0. The van der Waals surface area contributed by atoms with Gasteiger partial charge in [0.1, 0.15) is 0 Å². The van der Waals surface area contributed by atoms with E-state index in [0.29, 0.717) is 11.9 Å². The van der Waals surface area contributed by atoms with Crippen molar-refractivity contribution in [3.63, 3.8) is 0 Å². The van der Waals surface area contributed by atoms with Crippen LogP contribution >= 0.6 is 0 Å². The van der Waals surface area contributed by atoms with Crippen LogP contribution in [-0.2, 0) is 4.79 Å². The fourth-order valence-electron chi connectivity index (χ4n) is 2.27. The zero-order valence-electron chi connectivity index (χ0n) is 10.8. The number of nitrogens with one attached hydrogen (secondary N) is 1. The molecule has 94 valence electrons. The van der Waals surface area contributed by atoms with Crippen molar-refractivity contribution in [2.24, 2.45) is 0 Å². The SMILES string of the molecule is CCCNC(CC)CCCN1CCCC1=O. The first-order valence-corrected chi connectivity index (χ1v) is 6.79. The largest absolute Gasteiger partial charge is 0.343 e. The summed E-state index contributed by atoms with van der Waals surface area (Å²) in [6.07, 6.45) is 6.55. The monoisotopic (exact) mass is 226 g/mol. The molecule has 0 bridgehead atoms. The van der Waals surface area contributed by atoms with Crippen LogP contribution in [0.15, 0.2) is 0 Å². The van der Waals surface area contributed by atoms with Gasteiger partial charge in [-0.15, -0.1) is 0 Å². The molecule has 0 saturated carbocycles. The molecular formula is C13H26N2O. The van der Waals surface area contributed by atoms with Gasteiger partial charge >= 0.3 is 0 Å². The van der Waals surface area contributed by atoms with Crippen LogP contribution < -0.4 is 5.32 Å². The van der Waals surface area contributed by atoms with Gasteiger partial charge in [0.05, 0.1) is 0 Å². The van der Waals surface area contributed by atoms with E-state index < -0.39 is 0 Å². The van der Waals surface area contributed by atoms with E-state index in [-0.39, 0.29) is 0 Å². The molecule has 0 aromatic carbocycles. The second-order valence-electron chi connectivity index (χ2n) is 4.69. The molecule has 1 heterocycles. The molecule has 0 aromatic rings. The fraction of sp³-hybridized carbons (Fsp3) is 0.923. The van der Waals surface area contributed by atoms with Gasteiger partial charge in [-0.1, -0.05) is 13.8 Å². The Morgan fingerprint density at radius 2 is 2.25 bits per heavy atom. The summed E-state index contributed by atoms with van der Waals surface area (Å²) in [6, 6.07) is 0.637. The van der Waals surface area contributed by atoms with E-state index in [9.17, 15) is 4.79 Å². The second-order valence-corrected chi connectivity index (χ2v) is 4.69. The van der Waals surface area contributed by atoms with Crippen molar-refractivity contribution >= 4 is 5.91 Å². The van der Waals surface area contributed by atoms with Crippen LogP contribution in [0.5, 0.6) is 0 Å². The number of carbonyl (C=O) groups excluding carboxylic acids is 1. The minimum absolute atomic E-state index is 0.356. The molecule has 1 N–H and O–H groups in total. The summed E-state index contributed by atoms with van der Waals surface area (Å²) in [4.78, 5) is 13.4. The zero-order chi connectivity index (χ0) is 11.8. The van der Waals surface area contributed by atoms with E-state index in [4.69, 9.17) is 0 Å². The van der Waals surface area contributed by atoms with E-state index in [0.717, 1.165) is 38.9 Å². The summed E-state index contributed by atoms with van der Waals surface area (Å²) in [5.74, 6) is 0.356. The smallest absolute Gasteiger partial charge is 0.222 e. The summed E-state index contributed by atoms with van der Waals surface area (Å²) in [5.41, 5.74) is 0. The number of hydrogen-bond donors (Lipinski definition) is 1. The highest BCUT2D eigenvalue weighted by Crippen LogP contribution is 2.11. The zero-order valence-corrected chi connectivity index (χ0v) is 10.8. The lowest BCUT2D eigenvalue weighted by Crippen LogP contribution is -2.31. The average Bonchev–Trinajstić information content (AvgIpc) is 2.69. The number of amides is 1. The molecule has 16 heavy (non-hydrogen) atoms. The van der Waals surface area contributed by atoms with E-state index in [1.165, 1.54) is 19.3 Å². The van der Waals surface area contributed by atoms with Gasteiger partial charge in [-0.05, 0) is 38.6 Å². The number of rotatable bonds is 8. The number of likely N-dealkylation sites (tertiary alicyclic amines) is 1. The summed E-state index contributed by atoms with van der Waals surface area (Å²) >= 11 is 0. The Bertz CT molecular complexity index is 206. The van der Waals surface area contributed by atoms with Crippen molar-refractivity contribution in [3.8, 4) is 0 Å². The van der Waals surface area contributed by atoms with Crippen molar-refractivity contribution in [1.82, 2.24) is 10.2 Å². The lowest BCUT2D eigenvalue weighted by atomic mass is 10.1. The maximum atomic E-state index is 11.4.